The fourth-order valence-corrected chi connectivity index (χ4v) is 9.44. The van der Waals surface area contributed by atoms with Gasteiger partial charge in [0.2, 0.25) is 11.8 Å². The summed E-state index contributed by atoms with van der Waals surface area (Å²) in [7, 11) is 0. The van der Waals surface area contributed by atoms with Gasteiger partial charge in [0.1, 0.15) is 22.3 Å². The molecule has 0 bridgehead atoms. The van der Waals surface area contributed by atoms with E-state index in [9.17, 15) is 0 Å². The zero-order chi connectivity index (χ0) is 44.3. The summed E-state index contributed by atoms with van der Waals surface area (Å²) < 4.78 is 19.7. The number of rotatable bonds is 8. The van der Waals surface area contributed by atoms with E-state index in [4.69, 9.17) is 13.3 Å². The van der Waals surface area contributed by atoms with Gasteiger partial charge in [0.05, 0.1) is 0 Å². The van der Waals surface area contributed by atoms with Crippen molar-refractivity contribution in [3.63, 3.8) is 0 Å². The van der Waals surface area contributed by atoms with Gasteiger partial charge in [-0.15, -0.1) is 10.2 Å². The van der Waals surface area contributed by atoms with E-state index in [2.05, 4.69) is 192 Å². The van der Waals surface area contributed by atoms with Crippen LogP contribution in [0, 0.1) is 0 Å². The van der Waals surface area contributed by atoms with E-state index in [1.165, 1.54) is 11.1 Å². The predicted molar refractivity (Wildman–Crippen MR) is 272 cm³/mol. The van der Waals surface area contributed by atoms with E-state index in [0.717, 1.165) is 111 Å². The lowest BCUT2D eigenvalue weighted by molar-refractivity contribution is 0.584. The number of hydrogen-bond donors (Lipinski definition) is 0. The van der Waals surface area contributed by atoms with Crippen LogP contribution in [0.5, 0.6) is 0 Å². The monoisotopic (exact) mass is 858 g/mol. The summed E-state index contributed by atoms with van der Waals surface area (Å²) in [5, 5.41) is 13.3. The van der Waals surface area contributed by atoms with Gasteiger partial charge in [-0.2, -0.15) is 0 Å². The minimum Gasteiger partial charge on any atom is -0.455 e. The van der Waals surface area contributed by atoms with Crippen molar-refractivity contribution in [1.82, 2.24) is 10.2 Å². The molecule has 5 heteroatoms. The van der Waals surface area contributed by atoms with E-state index in [-0.39, 0.29) is 0 Å². The lowest BCUT2D eigenvalue weighted by atomic mass is 9.94. The van der Waals surface area contributed by atoms with Crippen LogP contribution in [-0.4, -0.2) is 10.2 Å². The quantitative estimate of drug-likeness (QED) is 0.152. The average molecular weight is 859 g/mol. The fraction of sp³-hybridized carbons (Fsp3) is 0. The Morgan fingerprint density at radius 3 is 0.910 bits per heavy atom. The molecule has 0 aliphatic heterocycles. The molecule has 314 valence electrons. The summed E-state index contributed by atoms with van der Waals surface area (Å²) in [6.07, 6.45) is 0. The van der Waals surface area contributed by atoms with Gasteiger partial charge < -0.3 is 13.3 Å². The van der Waals surface area contributed by atoms with Crippen molar-refractivity contribution < 1.29 is 13.3 Å². The first-order valence-electron chi connectivity index (χ1n) is 22.4. The minimum atomic E-state index is 0.445. The van der Waals surface area contributed by atoms with Crippen molar-refractivity contribution in [2.45, 2.75) is 0 Å². The number of nitrogens with zero attached hydrogens (tertiary/aromatic N) is 2. The first-order valence-corrected chi connectivity index (χ1v) is 22.4. The SMILES string of the molecule is c1ccc(-c2ccc3oc4c(-c5ccc(-c6nnc(-c7ccc(-c8cc(-c9ccccc9)cc9c8oc8ccc(-c%10ccccc%10)cc89)cc7)o6)cc5)cc(-c5ccccc5)cc4c3c2)cc1. The van der Waals surface area contributed by atoms with Crippen LogP contribution in [0.3, 0.4) is 0 Å². The molecule has 5 nitrogen and oxygen atoms in total. The van der Waals surface area contributed by atoms with Gasteiger partial charge in [0.15, 0.2) is 0 Å². The average Bonchev–Trinajstić information content (AvgIpc) is 4.15. The maximum Gasteiger partial charge on any atom is 0.248 e. The second-order valence-electron chi connectivity index (χ2n) is 17.0. The van der Waals surface area contributed by atoms with Gasteiger partial charge in [-0.3, -0.25) is 0 Å². The Hall–Kier alpha value is -9.06. The largest absolute Gasteiger partial charge is 0.455 e. The van der Waals surface area contributed by atoms with Gasteiger partial charge in [-0.1, -0.05) is 158 Å². The third-order valence-electron chi connectivity index (χ3n) is 12.9. The van der Waals surface area contributed by atoms with E-state index in [1.807, 2.05) is 48.5 Å². The van der Waals surface area contributed by atoms with Gasteiger partial charge in [0.25, 0.3) is 0 Å². The second kappa shape index (κ2) is 15.9. The van der Waals surface area contributed by atoms with Crippen LogP contribution in [0.2, 0.25) is 0 Å². The van der Waals surface area contributed by atoms with Crippen molar-refractivity contribution >= 4 is 43.9 Å². The highest BCUT2D eigenvalue weighted by molar-refractivity contribution is 6.13. The number of fused-ring (bicyclic) bond motifs is 6. The maximum atomic E-state index is 6.66. The molecule has 0 amide bonds. The Bertz CT molecular complexity index is 3670. The maximum absolute atomic E-state index is 6.66. The smallest absolute Gasteiger partial charge is 0.248 e. The fourth-order valence-electron chi connectivity index (χ4n) is 9.44. The number of aromatic nitrogens is 2. The molecule has 0 aliphatic rings. The summed E-state index contributed by atoms with van der Waals surface area (Å²) in [5.74, 6) is 0.890. The van der Waals surface area contributed by atoms with E-state index in [0.29, 0.717) is 11.8 Å². The van der Waals surface area contributed by atoms with Crippen LogP contribution in [0.4, 0.5) is 0 Å². The van der Waals surface area contributed by atoms with Crippen LogP contribution in [0.15, 0.2) is 244 Å². The predicted octanol–water partition coefficient (Wildman–Crippen LogP) is 17.2. The molecule has 10 aromatic carbocycles. The standard InChI is InChI=1S/C62H38N2O3/c1-5-13-39(14-6-1)47-29-31-57-53(33-47)55-37-49(41-17-9-3-10-18-41)35-51(59(55)65-57)43-21-25-45(26-22-43)61-63-64-62(67-61)46-27-23-44(24-28-46)52-36-50(42-19-11-4-12-20-42)38-56-54-34-48(40-15-7-2-8-16-40)30-32-58(54)66-60(52)56/h1-38H. The summed E-state index contributed by atoms with van der Waals surface area (Å²) in [4.78, 5) is 0. The van der Waals surface area contributed by atoms with Crippen molar-refractivity contribution in [1.29, 1.82) is 0 Å². The molecule has 0 spiro atoms. The lowest BCUT2D eigenvalue weighted by Gasteiger charge is -2.09. The first kappa shape index (κ1) is 38.4. The molecule has 0 unspecified atom stereocenters. The number of hydrogen-bond acceptors (Lipinski definition) is 5. The molecule has 67 heavy (non-hydrogen) atoms. The van der Waals surface area contributed by atoms with Crippen LogP contribution >= 0.6 is 0 Å². The lowest BCUT2D eigenvalue weighted by Crippen LogP contribution is -1.85. The molecule has 3 heterocycles. The Morgan fingerprint density at radius 1 is 0.224 bits per heavy atom. The molecule has 3 aromatic heterocycles. The Kier molecular flexibility index (Phi) is 9.10. The summed E-state index contributed by atoms with van der Waals surface area (Å²) >= 11 is 0. The summed E-state index contributed by atoms with van der Waals surface area (Å²) in [5.41, 5.74) is 18.3. The zero-order valence-corrected chi connectivity index (χ0v) is 36.1. The Morgan fingerprint density at radius 2 is 0.537 bits per heavy atom. The Balaban J connectivity index is 0.834. The van der Waals surface area contributed by atoms with Gasteiger partial charge >= 0.3 is 0 Å². The van der Waals surface area contributed by atoms with E-state index in [1.54, 1.807) is 0 Å². The molecule has 0 saturated heterocycles. The molecule has 0 saturated carbocycles. The molecule has 0 fully saturated rings. The van der Waals surface area contributed by atoms with Crippen LogP contribution in [-0.2, 0) is 0 Å². The highest BCUT2D eigenvalue weighted by atomic mass is 16.4. The van der Waals surface area contributed by atoms with Crippen molar-refractivity contribution in [3.8, 4) is 89.7 Å². The molecule has 13 aromatic rings. The normalized spacial score (nSPS) is 11.6. The molecule has 0 aliphatic carbocycles. The minimum absolute atomic E-state index is 0.445. The first-order chi connectivity index (χ1) is 33.2. The van der Waals surface area contributed by atoms with Gasteiger partial charge in [-0.25, -0.2) is 0 Å². The highest BCUT2D eigenvalue weighted by Gasteiger charge is 2.20. The topological polar surface area (TPSA) is 65.2 Å². The van der Waals surface area contributed by atoms with Crippen LogP contribution in [0.25, 0.3) is 134 Å². The van der Waals surface area contributed by atoms with Gasteiger partial charge in [0, 0.05) is 43.8 Å². The Labute approximate surface area is 385 Å². The molecular weight excluding hydrogens is 821 g/mol. The van der Waals surface area contributed by atoms with Crippen molar-refractivity contribution in [2.24, 2.45) is 0 Å². The third kappa shape index (κ3) is 6.89. The number of benzene rings is 10. The van der Waals surface area contributed by atoms with Gasteiger partial charge in [-0.05, 0) is 128 Å². The molecule has 0 N–H and O–H groups in total. The van der Waals surface area contributed by atoms with Crippen molar-refractivity contribution in [3.05, 3.63) is 231 Å². The van der Waals surface area contributed by atoms with E-state index < -0.39 is 0 Å². The van der Waals surface area contributed by atoms with Crippen LogP contribution in [0.1, 0.15) is 0 Å². The molecular formula is C62H38N2O3. The molecule has 0 atom stereocenters. The third-order valence-corrected chi connectivity index (χ3v) is 12.9. The highest BCUT2D eigenvalue weighted by Crippen LogP contribution is 2.43. The molecule has 0 radical (unpaired) electrons. The summed E-state index contributed by atoms with van der Waals surface area (Å²) in [6, 6.07) is 80.3. The zero-order valence-electron chi connectivity index (χ0n) is 36.1. The second-order valence-corrected chi connectivity index (χ2v) is 17.0. The van der Waals surface area contributed by atoms with Crippen LogP contribution < -0.4 is 0 Å². The summed E-state index contributed by atoms with van der Waals surface area (Å²) in [6.45, 7) is 0. The van der Waals surface area contributed by atoms with E-state index >= 15 is 0 Å². The number of furan rings is 2. The van der Waals surface area contributed by atoms with Crippen molar-refractivity contribution in [2.75, 3.05) is 0 Å². The molecule has 13 rings (SSSR count).